The average Bonchev–Trinajstić information content (AvgIpc) is 3.13. The summed E-state index contributed by atoms with van der Waals surface area (Å²) in [5.41, 5.74) is 5.33. The van der Waals surface area contributed by atoms with Crippen LogP contribution in [0, 0.1) is 0 Å². The van der Waals surface area contributed by atoms with Gasteiger partial charge in [0.05, 0.1) is 13.2 Å². The average molecular weight is 776 g/mol. The molecule has 1 unspecified atom stereocenters. The van der Waals surface area contributed by atoms with Crippen LogP contribution in [-0.4, -0.2) is 59.9 Å². The second kappa shape index (κ2) is 37.2. The third-order valence-electron chi connectivity index (χ3n) is 9.26. The van der Waals surface area contributed by atoms with E-state index >= 15 is 0 Å². The minimum atomic E-state index is -4.71. The Balaban J connectivity index is 4.34. The van der Waals surface area contributed by atoms with Crippen LogP contribution >= 0.6 is 7.82 Å². The number of carboxylic acid groups (broad SMARTS) is 1. The fourth-order valence-corrected chi connectivity index (χ4v) is 6.66. The van der Waals surface area contributed by atoms with Crippen molar-refractivity contribution in [2.24, 2.45) is 5.73 Å². The number of hydrogen-bond acceptors (Lipinski definition) is 9. The third kappa shape index (κ3) is 36.9. The van der Waals surface area contributed by atoms with E-state index in [9.17, 15) is 23.8 Å². The number of unbranched alkanes of at least 4 members (excludes halogenated alkanes) is 24. The molecule has 0 saturated heterocycles. The normalized spacial score (nSPS) is 13.9. The molecule has 0 heterocycles. The summed E-state index contributed by atoms with van der Waals surface area (Å²) in [6.07, 6.45) is 35.6. The van der Waals surface area contributed by atoms with Crippen LogP contribution in [0.1, 0.15) is 200 Å². The van der Waals surface area contributed by atoms with Crippen LogP contribution in [0.3, 0.4) is 0 Å². The zero-order valence-electron chi connectivity index (χ0n) is 33.6. The van der Waals surface area contributed by atoms with Crippen LogP contribution in [0.4, 0.5) is 0 Å². The molecule has 312 valence electrons. The maximum atomic E-state index is 12.6. The van der Waals surface area contributed by atoms with E-state index in [-0.39, 0.29) is 19.4 Å². The molecular weight excluding hydrogens is 697 g/mol. The van der Waals surface area contributed by atoms with Gasteiger partial charge in [-0.2, -0.15) is 0 Å². The summed E-state index contributed by atoms with van der Waals surface area (Å²) in [7, 11) is -4.71. The van der Waals surface area contributed by atoms with E-state index in [0.29, 0.717) is 12.8 Å². The zero-order valence-corrected chi connectivity index (χ0v) is 34.5. The van der Waals surface area contributed by atoms with Crippen LogP contribution in [0.5, 0.6) is 0 Å². The number of nitrogens with two attached hydrogens (primary N) is 1. The van der Waals surface area contributed by atoms with E-state index in [2.05, 4.69) is 30.5 Å². The van der Waals surface area contributed by atoms with Gasteiger partial charge in [0.15, 0.2) is 6.10 Å². The van der Waals surface area contributed by atoms with Crippen molar-refractivity contribution in [1.82, 2.24) is 0 Å². The Hall–Kier alpha value is -1.78. The first-order valence-electron chi connectivity index (χ1n) is 21.2. The van der Waals surface area contributed by atoms with Crippen LogP contribution in [0.25, 0.3) is 0 Å². The summed E-state index contributed by atoms with van der Waals surface area (Å²) >= 11 is 0. The molecule has 0 fully saturated rings. The monoisotopic (exact) mass is 776 g/mol. The SMILES string of the molecule is CCCCC/C=C\CCCCCCCC(=O)OC[C@H](COP(=O)(O)OC[C@H](N)C(=O)O)OC(=O)CCCCCCCCCCCCCCCCCCC. The molecule has 11 nitrogen and oxygen atoms in total. The molecule has 0 aromatic heterocycles. The summed E-state index contributed by atoms with van der Waals surface area (Å²) in [5, 5.41) is 8.87. The minimum absolute atomic E-state index is 0.165. The Morgan fingerprint density at radius 1 is 0.566 bits per heavy atom. The van der Waals surface area contributed by atoms with Crippen LogP contribution in [0.15, 0.2) is 12.2 Å². The number of hydrogen-bond donors (Lipinski definition) is 3. The first-order valence-corrected chi connectivity index (χ1v) is 22.7. The predicted molar refractivity (Wildman–Crippen MR) is 213 cm³/mol. The molecule has 0 rings (SSSR count). The molecule has 0 spiro atoms. The molecule has 0 aromatic carbocycles. The van der Waals surface area contributed by atoms with Crippen molar-refractivity contribution in [1.29, 1.82) is 0 Å². The van der Waals surface area contributed by atoms with Gasteiger partial charge in [-0.05, 0) is 38.5 Å². The second-order valence-electron chi connectivity index (χ2n) is 14.5. The summed E-state index contributed by atoms with van der Waals surface area (Å²) < 4.78 is 32.6. The third-order valence-corrected chi connectivity index (χ3v) is 10.2. The van der Waals surface area contributed by atoms with Crippen LogP contribution < -0.4 is 5.73 Å². The van der Waals surface area contributed by atoms with Crippen molar-refractivity contribution in [3.8, 4) is 0 Å². The number of carbonyl (C=O) groups excluding carboxylic acids is 2. The number of rotatable bonds is 40. The lowest BCUT2D eigenvalue weighted by atomic mass is 10.0. The number of carboxylic acids is 1. The van der Waals surface area contributed by atoms with E-state index < -0.39 is 51.1 Å². The topological polar surface area (TPSA) is 172 Å². The zero-order chi connectivity index (χ0) is 39.3. The van der Waals surface area contributed by atoms with Crippen molar-refractivity contribution in [3.05, 3.63) is 12.2 Å². The highest BCUT2D eigenvalue weighted by Crippen LogP contribution is 2.43. The molecule has 3 atom stereocenters. The van der Waals surface area contributed by atoms with Gasteiger partial charge in [0.2, 0.25) is 0 Å². The number of aliphatic carboxylic acids is 1. The second-order valence-corrected chi connectivity index (χ2v) is 15.9. The molecule has 0 saturated carbocycles. The maximum absolute atomic E-state index is 12.6. The fraction of sp³-hybridized carbons (Fsp3) is 0.878. The van der Waals surface area contributed by atoms with Gasteiger partial charge in [0, 0.05) is 12.8 Å². The van der Waals surface area contributed by atoms with Gasteiger partial charge in [-0.1, -0.05) is 161 Å². The molecule has 0 bridgehead atoms. The van der Waals surface area contributed by atoms with Gasteiger partial charge >= 0.3 is 25.7 Å². The van der Waals surface area contributed by atoms with E-state index in [4.69, 9.17) is 24.8 Å². The molecule has 0 aliphatic carbocycles. The number of ether oxygens (including phenoxy) is 2. The molecule has 53 heavy (non-hydrogen) atoms. The molecule has 4 N–H and O–H groups in total. The van der Waals surface area contributed by atoms with Crippen LogP contribution in [0.2, 0.25) is 0 Å². The Bertz CT molecular complexity index is 963. The molecule has 0 aliphatic heterocycles. The minimum Gasteiger partial charge on any atom is -0.480 e. The summed E-state index contributed by atoms with van der Waals surface area (Å²) in [6.45, 7) is 2.78. The Kier molecular flexibility index (Phi) is 35.9. The highest BCUT2D eigenvalue weighted by molar-refractivity contribution is 7.47. The van der Waals surface area contributed by atoms with E-state index in [0.717, 1.165) is 57.8 Å². The molecule has 0 amide bonds. The van der Waals surface area contributed by atoms with Gasteiger partial charge in [0.25, 0.3) is 0 Å². The lowest BCUT2D eigenvalue weighted by Crippen LogP contribution is -2.34. The predicted octanol–water partition coefficient (Wildman–Crippen LogP) is 10.9. The quantitative estimate of drug-likeness (QED) is 0.0234. The molecule has 12 heteroatoms. The Morgan fingerprint density at radius 3 is 1.42 bits per heavy atom. The number of esters is 2. The number of allylic oxidation sites excluding steroid dienone is 2. The maximum Gasteiger partial charge on any atom is 0.472 e. The fourth-order valence-electron chi connectivity index (χ4n) is 5.88. The van der Waals surface area contributed by atoms with E-state index in [1.807, 2.05) is 0 Å². The molecule has 0 aliphatic rings. The molecule has 0 aromatic rings. The number of carbonyl (C=O) groups is 3. The lowest BCUT2D eigenvalue weighted by Gasteiger charge is -2.20. The van der Waals surface area contributed by atoms with Gasteiger partial charge in [0.1, 0.15) is 12.6 Å². The van der Waals surface area contributed by atoms with Gasteiger partial charge in [-0.3, -0.25) is 23.4 Å². The first-order chi connectivity index (χ1) is 25.6. The van der Waals surface area contributed by atoms with Crippen molar-refractivity contribution in [3.63, 3.8) is 0 Å². The van der Waals surface area contributed by atoms with Crippen LogP contribution in [-0.2, 0) is 37.5 Å². The highest BCUT2D eigenvalue weighted by atomic mass is 31.2. The number of phosphoric acid groups is 1. The van der Waals surface area contributed by atoms with Crippen molar-refractivity contribution >= 4 is 25.7 Å². The Morgan fingerprint density at radius 2 is 0.943 bits per heavy atom. The lowest BCUT2D eigenvalue weighted by molar-refractivity contribution is -0.161. The molecular formula is C41H78NO10P. The van der Waals surface area contributed by atoms with Crippen molar-refractivity contribution < 1.29 is 47.5 Å². The van der Waals surface area contributed by atoms with Crippen molar-refractivity contribution in [2.75, 3.05) is 19.8 Å². The summed E-state index contributed by atoms with van der Waals surface area (Å²) in [6, 6.07) is -1.52. The van der Waals surface area contributed by atoms with Gasteiger partial charge < -0.3 is 25.2 Å². The summed E-state index contributed by atoms with van der Waals surface area (Å²) in [4.78, 5) is 45.8. The number of phosphoric ester groups is 1. The van der Waals surface area contributed by atoms with Gasteiger partial charge in [-0.25, -0.2) is 4.57 Å². The standard InChI is InChI=1S/C41H78NO10P/c1-3-5-7-9-11-13-15-17-18-19-20-21-23-25-27-29-31-33-40(44)52-37(35-50-53(47,48)51-36-38(42)41(45)46)34-49-39(43)32-30-28-26-24-22-16-14-12-10-8-6-4-2/h12,14,37-38H,3-11,13,15-36,42H2,1-2H3,(H,45,46)(H,47,48)/b14-12-/t37-,38+/m1/s1. The molecule has 0 radical (unpaired) electrons. The van der Waals surface area contributed by atoms with E-state index in [1.165, 1.54) is 103 Å². The largest absolute Gasteiger partial charge is 0.480 e. The Labute approximate surface area is 322 Å². The van der Waals surface area contributed by atoms with Gasteiger partial charge in [-0.15, -0.1) is 0 Å². The van der Waals surface area contributed by atoms with Crippen molar-refractivity contribution in [2.45, 2.75) is 212 Å². The first kappa shape index (κ1) is 51.2. The smallest absolute Gasteiger partial charge is 0.472 e. The highest BCUT2D eigenvalue weighted by Gasteiger charge is 2.28. The summed E-state index contributed by atoms with van der Waals surface area (Å²) in [5.74, 6) is -2.38. The van der Waals surface area contributed by atoms with E-state index in [1.54, 1.807) is 0 Å².